The van der Waals surface area contributed by atoms with Gasteiger partial charge in [0.05, 0.1) is 0 Å². The van der Waals surface area contributed by atoms with Crippen molar-refractivity contribution in [3.05, 3.63) is 76.8 Å². The molecule has 1 amide bonds. The van der Waals surface area contributed by atoms with Crippen LogP contribution in [0, 0.1) is 0 Å². The van der Waals surface area contributed by atoms with Crippen LogP contribution in [0.15, 0.2) is 61.2 Å². The molecule has 0 aromatic heterocycles. The van der Waals surface area contributed by atoms with Gasteiger partial charge < -0.3 is 14.8 Å². The lowest BCUT2D eigenvalue weighted by Gasteiger charge is -2.06. The lowest BCUT2D eigenvalue weighted by molar-refractivity contribution is -0.142. The topological polar surface area (TPSA) is 64.6 Å². The molecule has 0 unspecified atom stereocenters. The molecule has 0 bridgehead atoms. The van der Waals surface area contributed by atoms with E-state index in [-0.39, 0.29) is 0 Å². The Balaban J connectivity index is 1.80. The molecule has 5 nitrogen and oxygen atoms in total. The van der Waals surface area contributed by atoms with E-state index in [0.717, 1.165) is 5.56 Å². The molecule has 27 heavy (non-hydrogen) atoms. The van der Waals surface area contributed by atoms with Crippen molar-refractivity contribution in [1.29, 1.82) is 0 Å². The fourth-order valence-electron chi connectivity index (χ4n) is 2.00. The number of ether oxygens (including phenoxy) is 2. The average molecular weight is 406 g/mol. The van der Waals surface area contributed by atoms with Crippen molar-refractivity contribution in [3.8, 4) is 5.75 Å². The molecule has 2 aromatic rings. The molecule has 0 heterocycles. The highest BCUT2D eigenvalue weighted by Crippen LogP contribution is 2.22. The summed E-state index contributed by atoms with van der Waals surface area (Å²) in [4.78, 5) is 23.5. The van der Waals surface area contributed by atoms with Gasteiger partial charge in [0.15, 0.2) is 6.61 Å². The Morgan fingerprint density at radius 3 is 2.37 bits per heavy atom. The fraction of sp³-hybridized carbons (Fsp3) is 0.100. The van der Waals surface area contributed by atoms with Crippen molar-refractivity contribution in [2.24, 2.45) is 0 Å². The second-order valence-corrected chi connectivity index (χ2v) is 6.19. The minimum atomic E-state index is -0.638. The first-order valence-corrected chi connectivity index (χ1v) is 8.66. The van der Waals surface area contributed by atoms with Crippen LogP contribution in [-0.2, 0) is 14.3 Å². The SMILES string of the molecule is C=CCOc1ccc(/C=C/C(=O)OCC(=O)Nc2cc(Cl)cc(Cl)c2)cc1. The second kappa shape index (κ2) is 10.4. The Hall–Kier alpha value is -2.76. The molecule has 1 N–H and O–H groups in total. The summed E-state index contributed by atoms with van der Waals surface area (Å²) < 4.78 is 10.3. The van der Waals surface area contributed by atoms with Gasteiger partial charge in [-0.3, -0.25) is 4.79 Å². The molecule has 2 aromatic carbocycles. The highest BCUT2D eigenvalue weighted by molar-refractivity contribution is 6.35. The lowest BCUT2D eigenvalue weighted by atomic mass is 10.2. The molecule has 0 aliphatic rings. The largest absolute Gasteiger partial charge is 0.490 e. The first kappa shape index (κ1) is 20.6. The number of benzene rings is 2. The van der Waals surface area contributed by atoms with Gasteiger partial charge in [0.25, 0.3) is 5.91 Å². The summed E-state index contributed by atoms with van der Waals surface area (Å²) in [6.07, 6.45) is 4.47. The molecular weight excluding hydrogens is 389 g/mol. The van der Waals surface area contributed by atoms with Crippen molar-refractivity contribution in [3.63, 3.8) is 0 Å². The van der Waals surface area contributed by atoms with Crippen LogP contribution in [-0.4, -0.2) is 25.1 Å². The number of rotatable bonds is 8. The molecule has 0 saturated carbocycles. The van der Waals surface area contributed by atoms with Crippen LogP contribution >= 0.6 is 23.2 Å². The smallest absolute Gasteiger partial charge is 0.331 e. The number of carbonyl (C=O) groups is 2. The van der Waals surface area contributed by atoms with E-state index < -0.39 is 18.5 Å². The van der Waals surface area contributed by atoms with E-state index >= 15 is 0 Å². The fourth-order valence-corrected chi connectivity index (χ4v) is 2.53. The van der Waals surface area contributed by atoms with Crippen LogP contribution in [0.25, 0.3) is 6.08 Å². The first-order valence-electron chi connectivity index (χ1n) is 7.91. The summed E-state index contributed by atoms with van der Waals surface area (Å²) in [5.41, 5.74) is 1.21. The molecule has 0 radical (unpaired) electrons. The van der Waals surface area contributed by atoms with Crippen LogP contribution in [0.4, 0.5) is 5.69 Å². The highest BCUT2D eigenvalue weighted by Gasteiger charge is 2.07. The van der Waals surface area contributed by atoms with E-state index in [1.807, 2.05) is 0 Å². The Kier molecular flexibility index (Phi) is 7.92. The summed E-state index contributed by atoms with van der Waals surface area (Å²) in [5.74, 6) is -0.438. The molecule has 0 fully saturated rings. The standard InChI is InChI=1S/C20H17Cl2NO4/c1-2-9-26-18-6-3-14(4-7-18)5-8-20(25)27-13-19(24)23-17-11-15(21)10-16(22)12-17/h2-8,10-12H,1,9,13H2,(H,23,24)/b8-5+. The molecule has 0 aliphatic heterocycles. The van der Waals surface area contributed by atoms with Crippen LogP contribution in [0.5, 0.6) is 5.75 Å². The number of nitrogens with one attached hydrogen (secondary N) is 1. The van der Waals surface area contributed by atoms with Gasteiger partial charge in [0, 0.05) is 21.8 Å². The number of hydrogen-bond donors (Lipinski definition) is 1. The third-order valence-corrected chi connectivity index (χ3v) is 3.59. The van der Waals surface area contributed by atoms with Crippen molar-refractivity contribution >= 4 is 46.8 Å². The number of carbonyl (C=O) groups excluding carboxylic acids is 2. The van der Waals surface area contributed by atoms with Crippen LogP contribution in [0.3, 0.4) is 0 Å². The van der Waals surface area contributed by atoms with Crippen molar-refractivity contribution in [2.75, 3.05) is 18.5 Å². The number of esters is 1. The predicted octanol–water partition coefficient (Wildman–Crippen LogP) is 4.75. The second-order valence-electron chi connectivity index (χ2n) is 5.32. The van der Waals surface area contributed by atoms with Gasteiger partial charge in [0.1, 0.15) is 12.4 Å². The first-order chi connectivity index (χ1) is 13.0. The van der Waals surface area contributed by atoms with Gasteiger partial charge in [-0.1, -0.05) is 48.0 Å². The number of hydrogen-bond acceptors (Lipinski definition) is 4. The molecule has 7 heteroatoms. The quantitative estimate of drug-likeness (QED) is 0.390. The third-order valence-electron chi connectivity index (χ3n) is 3.15. The Bertz CT molecular complexity index is 827. The van der Waals surface area contributed by atoms with Crippen LogP contribution < -0.4 is 10.1 Å². The molecule has 2 rings (SSSR count). The van der Waals surface area contributed by atoms with E-state index in [1.165, 1.54) is 18.2 Å². The van der Waals surface area contributed by atoms with Gasteiger partial charge in [-0.15, -0.1) is 0 Å². The van der Waals surface area contributed by atoms with Gasteiger partial charge in [-0.05, 0) is 42.0 Å². The molecule has 0 saturated heterocycles. The summed E-state index contributed by atoms with van der Waals surface area (Å²) in [7, 11) is 0. The number of halogens is 2. The lowest BCUT2D eigenvalue weighted by Crippen LogP contribution is -2.20. The Morgan fingerprint density at radius 2 is 1.74 bits per heavy atom. The van der Waals surface area contributed by atoms with E-state index in [4.69, 9.17) is 32.7 Å². The maximum absolute atomic E-state index is 11.8. The maximum atomic E-state index is 11.8. The van der Waals surface area contributed by atoms with Crippen molar-refractivity contribution in [2.45, 2.75) is 0 Å². The maximum Gasteiger partial charge on any atom is 0.331 e. The zero-order chi connectivity index (χ0) is 19.6. The molecule has 0 atom stereocenters. The number of amides is 1. The van der Waals surface area contributed by atoms with Gasteiger partial charge in [-0.25, -0.2) is 4.79 Å². The van der Waals surface area contributed by atoms with Crippen LogP contribution in [0.2, 0.25) is 10.0 Å². The number of anilines is 1. The van der Waals surface area contributed by atoms with E-state index in [0.29, 0.717) is 28.1 Å². The van der Waals surface area contributed by atoms with E-state index in [1.54, 1.807) is 42.5 Å². The molecule has 140 valence electrons. The predicted molar refractivity (Wildman–Crippen MR) is 107 cm³/mol. The zero-order valence-electron chi connectivity index (χ0n) is 14.3. The van der Waals surface area contributed by atoms with Crippen molar-refractivity contribution < 1.29 is 19.1 Å². The monoisotopic (exact) mass is 405 g/mol. The minimum Gasteiger partial charge on any atom is -0.490 e. The minimum absolute atomic E-state index is 0.388. The molecular formula is C20H17Cl2NO4. The average Bonchev–Trinajstić information content (AvgIpc) is 2.63. The Labute approximate surface area is 167 Å². The van der Waals surface area contributed by atoms with Gasteiger partial charge in [-0.2, -0.15) is 0 Å². The summed E-state index contributed by atoms with van der Waals surface area (Å²) in [6, 6.07) is 11.7. The zero-order valence-corrected chi connectivity index (χ0v) is 15.8. The summed E-state index contributed by atoms with van der Waals surface area (Å²) in [6.45, 7) is 3.57. The van der Waals surface area contributed by atoms with Gasteiger partial charge in [0.2, 0.25) is 0 Å². The van der Waals surface area contributed by atoms with Crippen molar-refractivity contribution in [1.82, 2.24) is 0 Å². The van der Waals surface area contributed by atoms with Crippen LogP contribution in [0.1, 0.15) is 5.56 Å². The summed E-state index contributed by atoms with van der Waals surface area (Å²) in [5, 5.41) is 3.32. The Morgan fingerprint density at radius 1 is 1.07 bits per heavy atom. The van der Waals surface area contributed by atoms with E-state index in [2.05, 4.69) is 11.9 Å². The van der Waals surface area contributed by atoms with E-state index in [9.17, 15) is 9.59 Å². The molecule has 0 aliphatic carbocycles. The summed E-state index contributed by atoms with van der Waals surface area (Å²) >= 11 is 11.7. The highest BCUT2D eigenvalue weighted by atomic mass is 35.5. The van der Waals surface area contributed by atoms with Gasteiger partial charge >= 0.3 is 5.97 Å². The third kappa shape index (κ3) is 7.56. The molecule has 0 spiro atoms. The normalized spacial score (nSPS) is 10.4.